The van der Waals surface area contributed by atoms with Crippen molar-refractivity contribution in [2.45, 2.75) is 24.1 Å². The van der Waals surface area contributed by atoms with Gasteiger partial charge in [0.25, 0.3) is 5.91 Å². The van der Waals surface area contributed by atoms with E-state index < -0.39 is 58.2 Å². The molecule has 0 fully saturated rings. The number of ketones is 2. The highest BCUT2D eigenvalue weighted by Gasteiger charge is 2.63. The number of carbonyl (C=O) groups excluding carboxylic acids is 3. The van der Waals surface area contributed by atoms with E-state index in [4.69, 9.17) is 5.73 Å². The van der Waals surface area contributed by atoms with E-state index in [0.717, 1.165) is 0 Å². The van der Waals surface area contributed by atoms with Crippen molar-refractivity contribution in [3.05, 3.63) is 46.4 Å². The summed E-state index contributed by atoms with van der Waals surface area (Å²) < 4.78 is 0. The number of carbonyl (C=O) groups is 3. The Balaban J connectivity index is 1.97. The van der Waals surface area contributed by atoms with Crippen LogP contribution in [0.5, 0.6) is 5.75 Å². The van der Waals surface area contributed by atoms with Crippen LogP contribution in [0.15, 0.2) is 40.9 Å². The minimum atomic E-state index is -2.64. The van der Waals surface area contributed by atoms with Gasteiger partial charge in [-0.05, 0) is 32.6 Å². The van der Waals surface area contributed by atoms with Gasteiger partial charge in [-0.15, -0.1) is 0 Å². The Morgan fingerprint density at radius 2 is 1.90 bits per heavy atom. The SMILES string of the molecule is CN(C)C1C(O)=C(C(N)=O)C(=O)[C@@]2(O)C(O)=C3C(=O)c4c(O)cccc4N[C@H]3C[C@@H]12. The highest BCUT2D eigenvalue weighted by atomic mass is 16.3. The van der Waals surface area contributed by atoms with Gasteiger partial charge >= 0.3 is 0 Å². The molecule has 2 aliphatic carbocycles. The molecule has 0 radical (unpaired) electrons. The first kappa shape index (κ1) is 19.9. The van der Waals surface area contributed by atoms with Crippen LogP contribution in [0, 0.1) is 5.92 Å². The zero-order chi connectivity index (χ0) is 22.1. The molecule has 158 valence electrons. The number of nitrogens with two attached hydrogens (primary N) is 1. The fraction of sp³-hybridized carbons (Fsp3) is 0.350. The number of aliphatic hydroxyl groups is 3. The third-order valence-electron chi connectivity index (χ3n) is 6.13. The predicted octanol–water partition coefficient (Wildman–Crippen LogP) is -0.258. The Morgan fingerprint density at radius 3 is 2.50 bits per heavy atom. The molecule has 0 spiro atoms. The number of aromatic hydroxyl groups is 1. The molecule has 1 heterocycles. The van der Waals surface area contributed by atoms with Crippen molar-refractivity contribution in [1.29, 1.82) is 0 Å². The number of Topliss-reactive ketones (excluding diaryl/α,β-unsaturated/α-hetero) is 2. The second kappa shape index (κ2) is 6.31. The zero-order valence-electron chi connectivity index (χ0n) is 16.2. The molecule has 1 aromatic rings. The fourth-order valence-electron chi connectivity index (χ4n) is 4.83. The van der Waals surface area contributed by atoms with E-state index >= 15 is 0 Å². The molecule has 4 rings (SSSR count). The molecule has 0 aromatic heterocycles. The van der Waals surface area contributed by atoms with Crippen molar-refractivity contribution in [3.63, 3.8) is 0 Å². The third-order valence-corrected chi connectivity index (χ3v) is 6.13. The Bertz CT molecular complexity index is 1070. The van der Waals surface area contributed by atoms with Crippen molar-refractivity contribution in [2.24, 2.45) is 11.7 Å². The van der Waals surface area contributed by atoms with Gasteiger partial charge in [0, 0.05) is 11.6 Å². The molecule has 4 atom stereocenters. The predicted molar refractivity (Wildman–Crippen MR) is 104 cm³/mol. The van der Waals surface area contributed by atoms with Gasteiger partial charge in [0.05, 0.1) is 23.2 Å². The van der Waals surface area contributed by atoms with Crippen molar-refractivity contribution in [3.8, 4) is 5.75 Å². The highest BCUT2D eigenvalue weighted by molar-refractivity contribution is 6.25. The van der Waals surface area contributed by atoms with Gasteiger partial charge in [0.2, 0.25) is 5.78 Å². The summed E-state index contributed by atoms with van der Waals surface area (Å²) in [6.07, 6.45) is -0.0264. The number of likely N-dealkylation sites (N-methyl/N-ethyl adjacent to an activating group) is 1. The smallest absolute Gasteiger partial charge is 0.255 e. The van der Waals surface area contributed by atoms with Crippen LogP contribution in [0.1, 0.15) is 16.8 Å². The van der Waals surface area contributed by atoms with Gasteiger partial charge in [-0.2, -0.15) is 0 Å². The summed E-state index contributed by atoms with van der Waals surface area (Å²) >= 11 is 0. The maximum absolute atomic E-state index is 13.1. The lowest BCUT2D eigenvalue weighted by Crippen LogP contribution is -2.65. The lowest BCUT2D eigenvalue weighted by molar-refractivity contribution is -0.147. The number of benzene rings is 1. The summed E-state index contributed by atoms with van der Waals surface area (Å²) in [5.74, 6) is -6.20. The van der Waals surface area contributed by atoms with E-state index in [0.29, 0.717) is 5.69 Å². The van der Waals surface area contributed by atoms with Gasteiger partial charge in [0.15, 0.2) is 11.4 Å². The molecule has 1 aliphatic heterocycles. The van der Waals surface area contributed by atoms with Gasteiger partial charge < -0.3 is 31.5 Å². The Kier molecular flexibility index (Phi) is 4.19. The summed E-state index contributed by atoms with van der Waals surface area (Å²) in [5.41, 5.74) is 1.76. The number of aliphatic hydroxyl groups excluding tert-OH is 2. The highest BCUT2D eigenvalue weighted by Crippen LogP contribution is 2.50. The Morgan fingerprint density at radius 1 is 1.23 bits per heavy atom. The number of phenolic OH excluding ortho intramolecular Hbond substituents is 1. The molecule has 0 saturated carbocycles. The first-order valence-electron chi connectivity index (χ1n) is 9.25. The minimum absolute atomic E-state index is 0.0264. The van der Waals surface area contributed by atoms with Gasteiger partial charge in [0.1, 0.15) is 22.8 Å². The number of rotatable bonds is 2. The molecule has 10 heteroatoms. The summed E-state index contributed by atoms with van der Waals surface area (Å²) in [7, 11) is 3.14. The number of hydrogen-bond donors (Lipinski definition) is 6. The molecule has 1 aromatic carbocycles. The molecule has 1 unspecified atom stereocenters. The number of nitrogens with zero attached hydrogens (tertiary/aromatic N) is 1. The Hall–Kier alpha value is -3.37. The molecular formula is C20H21N3O7. The number of primary amides is 1. The van der Waals surface area contributed by atoms with Crippen molar-refractivity contribution in [1.82, 2.24) is 4.90 Å². The number of hydrogen-bond acceptors (Lipinski definition) is 9. The molecule has 0 saturated heterocycles. The maximum atomic E-state index is 13.1. The standard InChI is InChI=1S/C20H21N3O7/c1-23(2)14-7-6-9-12(15(25)11-8(22-9)4-3-5-10(11)24)17(27)20(7,30)18(28)13(16(14)26)19(21)29/h3-5,7,9,14,22,24,26-27,30H,6H2,1-2H3,(H2,21,29)/t7-,9-,14?,20-/m0/s1. The molecule has 0 bridgehead atoms. The van der Waals surface area contributed by atoms with E-state index in [9.17, 15) is 34.8 Å². The third kappa shape index (κ3) is 2.34. The van der Waals surface area contributed by atoms with Gasteiger partial charge in [-0.3, -0.25) is 19.3 Å². The fourth-order valence-corrected chi connectivity index (χ4v) is 4.83. The zero-order valence-corrected chi connectivity index (χ0v) is 16.2. The summed E-state index contributed by atoms with van der Waals surface area (Å²) in [6.45, 7) is 0. The van der Waals surface area contributed by atoms with Gasteiger partial charge in [-0.1, -0.05) is 6.07 Å². The van der Waals surface area contributed by atoms with Crippen LogP contribution < -0.4 is 11.1 Å². The van der Waals surface area contributed by atoms with Crippen LogP contribution >= 0.6 is 0 Å². The van der Waals surface area contributed by atoms with Crippen LogP contribution in [-0.4, -0.2) is 74.6 Å². The lowest BCUT2D eigenvalue weighted by atomic mass is 9.61. The molecule has 30 heavy (non-hydrogen) atoms. The number of phenols is 1. The molecule has 3 aliphatic rings. The monoisotopic (exact) mass is 415 g/mol. The van der Waals surface area contributed by atoms with Crippen molar-refractivity contribution >= 4 is 23.2 Å². The molecule has 7 N–H and O–H groups in total. The summed E-state index contributed by atoms with van der Waals surface area (Å²) in [5, 5.41) is 46.1. The second-order valence-electron chi connectivity index (χ2n) is 7.96. The van der Waals surface area contributed by atoms with Crippen LogP contribution in [0.2, 0.25) is 0 Å². The quantitative estimate of drug-likeness (QED) is 0.356. The maximum Gasteiger partial charge on any atom is 0.255 e. The number of amides is 1. The Labute approximate surface area is 170 Å². The van der Waals surface area contributed by atoms with E-state index in [2.05, 4.69) is 5.32 Å². The second-order valence-corrected chi connectivity index (χ2v) is 7.96. The van der Waals surface area contributed by atoms with Crippen LogP contribution in [-0.2, 0) is 9.59 Å². The normalized spacial score (nSPS) is 30.6. The first-order chi connectivity index (χ1) is 14.0. The van der Waals surface area contributed by atoms with Crippen molar-refractivity contribution < 1.29 is 34.8 Å². The number of anilines is 1. The lowest BCUT2D eigenvalue weighted by Gasteiger charge is -2.50. The van der Waals surface area contributed by atoms with Crippen LogP contribution in [0.25, 0.3) is 0 Å². The summed E-state index contributed by atoms with van der Waals surface area (Å²) in [6, 6.07) is 2.61. The number of fused-ring (bicyclic) bond motifs is 3. The van der Waals surface area contributed by atoms with E-state index in [1.165, 1.54) is 11.0 Å². The average Bonchev–Trinajstić information content (AvgIpc) is 2.64. The van der Waals surface area contributed by atoms with Gasteiger partial charge in [-0.25, -0.2) is 0 Å². The molecular weight excluding hydrogens is 394 g/mol. The summed E-state index contributed by atoms with van der Waals surface area (Å²) in [4.78, 5) is 39.5. The van der Waals surface area contributed by atoms with Crippen LogP contribution in [0.4, 0.5) is 5.69 Å². The first-order valence-corrected chi connectivity index (χ1v) is 9.25. The molecule has 10 nitrogen and oxygen atoms in total. The number of nitrogens with one attached hydrogen (secondary N) is 1. The van der Waals surface area contributed by atoms with E-state index in [1.807, 2.05) is 0 Å². The largest absolute Gasteiger partial charge is 0.510 e. The van der Waals surface area contributed by atoms with Crippen molar-refractivity contribution in [2.75, 3.05) is 19.4 Å². The topological polar surface area (TPSA) is 173 Å². The molecule has 1 amide bonds. The van der Waals surface area contributed by atoms with Crippen LogP contribution in [0.3, 0.4) is 0 Å². The van der Waals surface area contributed by atoms with E-state index in [-0.39, 0.29) is 23.3 Å². The minimum Gasteiger partial charge on any atom is -0.510 e. The van der Waals surface area contributed by atoms with E-state index in [1.54, 1.807) is 26.2 Å². The average molecular weight is 415 g/mol.